The van der Waals surface area contributed by atoms with Gasteiger partial charge in [-0.3, -0.25) is 0 Å². The van der Waals surface area contributed by atoms with Crippen LogP contribution in [0.25, 0.3) is 17.3 Å². The van der Waals surface area contributed by atoms with Crippen LogP contribution in [0, 0.1) is 0 Å². The van der Waals surface area contributed by atoms with Crippen LogP contribution in [-0.2, 0) is 16.1 Å². The zero-order valence-corrected chi connectivity index (χ0v) is 17.7. The van der Waals surface area contributed by atoms with Crippen LogP contribution in [0.5, 0.6) is 0 Å². The van der Waals surface area contributed by atoms with Gasteiger partial charge in [-0.1, -0.05) is 12.1 Å². The van der Waals surface area contributed by atoms with Gasteiger partial charge in [-0.15, -0.1) is 0 Å². The minimum absolute atomic E-state index is 0.193. The van der Waals surface area contributed by atoms with Crippen molar-refractivity contribution in [1.82, 2.24) is 19.9 Å². The fourth-order valence-corrected chi connectivity index (χ4v) is 3.64. The van der Waals surface area contributed by atoms with Gasteiger partial charge in [0, 0.05) is 55.6 Å². The second-order valence-corrected chi connectivity index (χ2v) is 7.35. The van der Waals surface area contributed by atoms with E-state index < -0.39 is 6.04 Å². The second-order valence-electron chi connectivity index (χ2n) is 7.35. The summed E-state index contributed by atoms with van der Waals surface area (Å²) in [5.74, 6) is 0.769. The van der Waals surface area contributed by atoms with Crippen LogP contribution in [0.15, 0.2) is 48.9 Å². The van der Waals surface area contributed by atoms with Gasteiger partial charge in [0.15, 0.2) is 0 Å². The van der Waals surface area contributed by atoms with Gasteiger partial charge in [0.1, 0.15) is 18.1 Å². The van der Waals surface area contributed by atoms with Crippen LogP contribution in [0.2, 0.25) is 0 Å². The normalized spacial score (nSPS) is 14.8. The smallest absolute Gasteiger partial charge is 0.219 e. The van der Waals surface area contributed by atoms with Gasteiger partial charge in [0.25, 0.3) is 0 Å². The van der Waals surface area contributed by atoms with Crippen LogP contribution in [-0.4, -0.2) is 46.4 Å². The number of ether oxygens (including phenoxy) is 1. The molecule has 9 nitrogen and oxygen atoms in total. The molecule has 164 valence electrons. The SMILES string of the molecule is COCCN1C=Cc2cc(-c3cnc(N)nc3)nc(Nc3cccc(CN)c3)c2C1C=O. The summed E-state index contributed by atoms with van der Waals surface area (Å²) in [6.07, 6.45) is 8.06. The Hall–Kier alpha value is -3.82. The molecule has 1 atom stereocenters. The molecule has 0 spiro atoms. The molecule has 3 aromatic rings. The molecule has 3 heterocycles. The highest BCUT2D eigenvalue weighted by molar-refractivity contribution is 5.80. The van der Waals surface area contributed by atoms with Gasteiger partial charge in [-0.25, -0.2) is 15.0 Å². The molecule has 0 bridgehead atoms. The predicted octanol–water partition coefficient (Wildman–Crippen LogP) is 2.50. The maximum absolute atomic E-state index is 12.2. The number of pyridine rings is 1. The minimum Gasteiger partial charge on any atom is -0.383 e. The Kier molecular flexibility index (Phi) is 6.39. The van der Waals surface area contributed by atoms with Crippen molar-refractivity contribution in [2.24, 2.45) is 5.73 Å². The first-order valence-electron chi connectivity index (χ1n) is 10.2. The average molecular weight is 432 g/mol. The molecule has 2 aromatic heterocycles. The number of benzene rings is 1. The van der Waals surface area contributed by atoms with Gasteiger partial charge >= 0.3 is 0 Å². The summed E-state index contributed by atoms with van der Waals surface area (Å²) in [6.45, 7) is 1.50. The summed E-state index contributed by atoms with van der Waals surface area (Å²) in [7, 11) is 1.64. The number of methoxy groups -OCH3 is 1. The lowest BCUT2D eigenvalue weighted by Crippen LogP contribution is -2.31. The van der Waals surface area contributed by atoms with Crippen molar-refractivity contribution in [3.63, 3.8) is 0 Å². The molecule has 1 aromatic carbocycles. The second kappa shape index (κ2) is 9.54. The summed E-state index contributed by atoms with van der Waals surface area (Å²) in [4.78, 5) is 27.1. The molecular formula is C23H25N7O2. The first kappa shape index (κ1) is 21.4. The van der Waals surface area contributed by atoms with Crippen LogP contribution in [0.3, 0.4) is 0 Å². The Morgan fingerprint density at radius 3 is 2.78 bits per heavy atom. The third kappa shape index (κ3) is 4.43. The molecule has 32 heavy (non-hydrogen) atoms. The molecule has 1 aliphatic rings. The van der Waals surface area contributed by atoms with E-state index in [4.69, 9.17) is 21.2 Å². The van der Waals surface area contributed by atoms with E-state index in [-0.39, 0.29) is 5.95 Å². The topological polar surface area (TPSA) is 132 Å². The molecule has 1 unspecified atom stereocenters. The molecule has 0 aliphatic carbocycles. The van der Waals surface area contributed by atoms with Crippen LogP contribution < -0.4 is 16.8 Å². The third-order valence-electron chi connectivity index (χ3n) is 5.26. The van der Waals surface area contributed by atoms with Gasteiger partial charge < -0.3 is 31.2 Å². The molecule has 5 N–H and O–H groups in total. The number of hydrogen-bond donors (Lipinski definition) is 3. The number of carbonyl (C=O) groups excluding carboxylic acids is 1. The Balaban J connectivity index is 1.82. The van der Waals surface area contributed by atoms with E-state index in [0.29, 0.717) is 31.2 Å². The first-order chi connectivity index (χ1) is 15.6. The summed E-state index contributed by atoms with van der Waals surface area (Å²) < 4.78 is 5.20. The van der Waals surface area contributed by atoms with Gasteiger partial charge in [-0.05, 0) is 35.4 Å². The molecular weight excluding hydrogens is 406 g/mol. The van der Waals surface area contributed by atoms with Gasteiger partial charge in [0.2, 0.25) is 5.95 Å². The van der Waals surface area contributed by atoms with E-state index in [2.05, 4.69) is 15.3 Å². The zero-order valence-electron chi connectivity index (χ0n) is 17.7. The summed E-state index contributed by atoms with van der Waals surface area (Å²) in [5, 5.41) is 3.39. The lowest BCUT2D eigenvalue weighted by molar-refractivity contribution is -0.112. The summed E-state index contributed by atoms with van der Waals surface area (Å²) in [6, 6.07) is 9.20. The average Bonchev–Trinajstić information content (AvgIpc) is 2.82. The quantitative estimate of drug-likeness (QED) is 0.460. The summed E-state index contributed by atoms with van der Waals surface area (Å²) in [5.41, 5.74) is 16.3. The Morgan fingerprint density at radius 2 is 2.06 bits per heavy atom. The number of carbonyl (C=O) groups is 1. The van der Waals surface area contributed by atoms with Crippen molar-refractivity contribution in [3.8, 4) is 11.3 Å². The number of nitrogens with zero attached hydrogens (tertiary/aromatic N) is 4. The fraction of sp³-hybridized carbons (Fsp3) is 0.217. The number of aromatic nitrogens is 3. The van der Waals surface area contributed by atoms with Crippen molar-refractivity contribution in [1.29, 1.82) is 0 Å². The molecule has 0 fully saturated rings. The van der Waals surface area contributed by atoms with E-state index >= 15 is 0 Å². The third-order valence-corrected chi connectivity index (χ3v) is 5.26. The number of nitrogens with two attached hydrogens (primary N) is 2. The Morgan fingerprint density at radius 1 is 1.25 bits per heavy atom. The van der Waals surface area contributed by atoms with Gasteiger partial charge in [0.05, 0.1) is 12.3 Å². The zero-order chi connectivity index (χ0) is 22.5. The number of nitrogens with one attached hydrogen (secondary N) is 1. The van der Waals surface area contributed by atoms with Crippen molar-refractivity contribution in [2.45, 2.75) is 12.6 Å². The van der Waals surface area contributed by atoms with Crippen molar-refractivity contribution >= 4 is 29.8 Å². The maximum Gasteiger partial charge on any atom is 0.219 e. The Bertz CT molecular complexity index is 1130. The lowest BCUT2D eigenvalue weighted by Gasteiger charge is -2.32. The predicted molar refractivity (Wildman–Crippen MR) is 124 cm³/mol. The van der Waals surface area contributed by atoms with Crippen molar-refractivity contribution < 1.29 is 9.53 Å². The number of fused-ring (bicyclic) bond motifs is 1. The molecule has 0 saturated heterocycles. The summed E-state index contributed by atoms with van der Waals surface area (Å²) >= 11 is 0. The highest BCUT2D eigenvalue weighted by Crippen LogP contribution is 2.37. The monoisotopic (exact) mass is 431 g/mol. The molecule has 0 radical (unpaired) electrons. The number of anilines is 3. The maximum atomic E-state index is 12.2. The fourth-order valence-electron chi connectivity index (χ4n) is 3.64. The number of hydrogen-bond acceptors (Lipinski definition) is 9. The first-order valence-corrected chi connectivity index (χ1v) is 10.2. The molecule has 0 saturated carbocycles. The van der Waals surface area contributed by atoms with Crippen LogP contribution >= 0.6 is 0 Å². The van der Waals surface area contributed by atoms with E-state index in [1.165, 1.54) is 0 Å². The number of aldehydes is 1. The van der Waals surface area contributed by atoms with E-state index in [1.54, 1.807) is 19.5 Å². The number of nitrogen functional groups attached to an aromatic ring is 1. The highest BCUT2D eigenvalue weighted by Gasteiger charge is 2.28. The minimum atomic E-state index is -0.505. The largest absolute Gasteiger partial charge is 0.383 e. The van der Waals surface area contributed by atoms with E-state index in [0.717, 1.165) is 34.2 Å². The van der Waals surface area contributed by atoms with E-state index in [1.807, 2.05) is 47.5 Å². The molecule has 9 heteroatoms. The molecule has 1 aliphatic heterocycles. The highest BCUT2D eigenvalue weighted by atomic mass is 16.5. The van der Waals surface area contributed by atoms with E-state index in [9.17, 15) is 4.79 Å². The standard InChI is InChI=1S/C23H25N7O2/c1-32-8-7-30-6-5-16-10-19(17-12-26-23(25)27-13-17)29-22(21(16)20(30)14-31)28-18-4-2-3-15(9-18)11-24/h2-6,9-10,12-14,20H,7-8,11,24H2,1H3,(H,28,29)(H2,25,26,27). The van der Waals surface area contributed by atoms with Crippen LogP contribution in [0.1, 0.15) is 22.7 Å². The van der Waals surface area contributed by atoms with Crippen molar-refractivity contribution in [3.05, 3.63) is 65.6 Å². The van der Waals surface area contributed by atoms with Gasteiger partial charge in [-0.2, -0.15) is 0 Å². The molecule has 0 amide bonds. The van der Waals surface area contributed by atoms with Crippen molar-refractivity contribution in [2.75, 3.05) is 31.3 Å². The Labute approximate surface area is 186 Å². The number of rotatable bonds is 8. The lowest BCUT2D eigenvalue weighted by atomic mass is 9.95. The molecule has 4 rings (SSSR count). The van der Waals surface area contributed by atoms with Crippen LogP contribution in [0.4, 0.5) is 17.5 Å².